The van der Waals surface area contributed by atoms with Gasteiger partial charge in [0.15, 0.2) is 23.2 Å². The van der Waals surface area contributed by atoms with Gasteiger partial charge in [0.2, 0.25) is 6.79 Å². The van der Waals surface area contributed by atoms with E-state index in [1.54, 1.807) is 6.92 Å². The number of esters is 3. The minimum absolute atomic E-state index is 0.156. The summed E-state index contributed by atoms with van der Waals surface area (Å²) < 4.78 is 27.1. The van der Waals surface area contributed by atoms with Crippen molar-refractivity contribution in [3.8, 4) is 11.5 Å². The van der Waals surface area contributed by atoms with E-state index in [1.165, 1.54) is 6.07 Å². The molecule has 2 N–H and O–H groups in total. The zero-order chi connectivity index (χ0) is 29.2. The van der Waals surface area contributed by atoms with Gasteiger partial charge in [0.25, 0.3) is 5.91 Å². The van der Waals surface area contributed by atoms with Crippen molar-refractivity contribution in [2.45, 2.75) is 52.4 Å². The molecule has 4 atom stereocenters. The summed E-state index contributed by atoms with van der Waals surface area (Å²) >= 11 is 0. The smallest absolute Gasteiger partial charge is 0.332 e. The Kier molecular flexibility index (Phi) is 10.8. The predicted molar refractivity (Wildman–Crippen MR) is 139 cm³/mol. The van der Waals surface area contributed by atoms with Crippen LogP contribution in [0.1, 0.15) is 43.7 Å². The molecule has 216 valence electrons. The highest BCUT2D eigenvalue weighted by Crippen LogP contribution is 2.29. The molecule has 1 unspecified atom stereocenters. The van der Waals surface area contributed by atoms with Crippen LogP contribution in [0.5, 0.6) is 11.5 Å². The molecule has 12 heteroatoms. The number of hydrogen-bond donors (Lipinski definition) is 2. The second-order valence-electron chi connectivity index (χ2n) is 9.69. The van der Waals surface area contributed by atoms with Gasteiger partial charge in [-0.15, -0.1) is 0 Å². The molecule has 2 aromatic rings. The second kappa shape index (κ2) is 14.3. The number of amides is 1. The van der Waals surface area contributed by atoms with Crippen molar-refractivity contribution in [3.63, 3.8) is 0 Å². The highest BCUT2D eigenvalue weighted by Gasteiger charge is 2.40. The third-order valence-electron chi connectivity index (χ3n) is 5.93. The van der Waals surface area contributed by atoms with E-state index in [0.29, 0.717) is 6.61 Å². The maximum atomic E-state index is 13.3. The Labute approximate surface area is 231 Å². The maximum Gasteiger partial charge on any atom is 0.332 e. The molecule has 0 saturated carbocycles. The van der Waals surface area contributed by atoms with E-state index in [4.69, 9.17) is 23.7 Å². The van der Waals surface area contributed by atoms with Crippen molar-refractivity contribution >= 4 is 23.8 Å². The average molecular weight is 559 g/mol. The highest BCUT2D eigenvalue weighted by molar-refractivity contribution is 5.98. The highest BCUT2D eigenvalue weighted by atomic mass is 16.7. The first-order chi connectivity index (χ1) is 19.1. The van der Waals surface area contributed by atoms with Crippen LogP contribution in [0.3, 0.4) is 0 Å². The van der Waals surface area contributed by atoms with Gasteiger partial charge < -0.3 is 34.1 Å². The molecule has 0 aliphatic carbocycles. The standard InChI is InChI=1S/C28H34N2O10/c1-16(2)13-36-24-17(3)40-28(35)21(14-37-27(34)20(24)12-19-8-6-5-7-9-19)30-26(33)23-25(22(32)10-11-29-23)39-15-38-18(4)31/h5-11,16-17,20-21,24H,12-15H2,1-4H3,(H,29,32)(H,30,33)/t17-,20+,21-,24?/m0/s1. The molecule has 0 radical (unpaired) electrons. The molecule has 1 aliphatic rings. The third-order valence-corrected chi connectivity index (χ3v) is 5.93. The zero-order valence-corrected chi connectivity index (χ0v) is 22.8. The fourth-order valence-electron chi connectivity index (χ4n) is 4.00. The molecule has 0 bridgehead atoms. The lowest BCUT2D eigenvalue weighted by Crippen LogP contribution is -2.46. The molecule has 40 heavy (non-hydrogen) atoms. The Morgan fingerprint density at radius 1 is 1.15 bits per heavy atom. The maximum absolute atomic E-state index is 13.3. The quantitative estimate of drug-likeness (QED) is 0.250. The Balaban J connectivity index is 1.82. The molecule has 1 amide bonds. The lowest BCUT2D eigenvalue weighted by molar-refractivity contribution is -0.165. The van der Waals surface area contributed by atoms with Crippen LogP contribution in [-0.2, 0) is 39.8 Å². The number of nitrogens with zero attached hydrogens (tertiary/aromatic N) is 1. The van der Waals surface area contributed by atoms with Crippen LogP contribution in [0.4, 0.5) is 0 Å². The molecule has 1 saturated heterocycles. The van der Waals surface area contributed by atoms with Crippen LogP contribution in [-0.4, -0.2) is 72.2 Å². The van der Waals surface area contributed by atoms with Crippen LogP contribution >= 0.6 is 0 Å². The second-order valence-corrected chi connectivity index (χ2v) is 9.69. The lowest BCUT2D eigenvalue weighted by Gasteiger charge is -2.30. The lowest BCUT2D eigenvalue weighted by atomic mass is 9.91. The number of aromatic nitrogens is 1. The van der Waals surface area contributed by atoms with Crippen molar-refractivity contribution in [3.05, 3.63) is 53.9 Å². The SMILES string of the molecule is CC(=O)OCOc1c(O)ccnc1C(=O)N[C@H]1COC(=O)[C@H](Cc2ccccc2)C(OCC(C)C)[C@H](C)OC1=O. The number of benzene rings is 1. The molecule has 1 aromatic carbocycles. The number of carbonyl (C=O) groups excluding carboxylic acids is 4. The van der Waals surface area contributed by atoms with E-state index < -0.39 is 67.1 Å². The van der Waals surface area contributed by atoms with Crippen LogP contribution < -0.4 is 10.1 Å². The van der Waals surface area contributed by atoms with E-state index >= 15 is 0 Å². The predicted octanol–water partition coefficient (Wildman–Crippen LogP) is 2.17. The van der Waals surface area contributed by atoms with Gasteiger partial charge in [0.1, 0.15) is 18.8 Å². The van der Waals surface area contributed by atoms with Gasteiger partial charge in [-0.2, -0.15) is 0 Å². The van der Waals surface area contributed by atoms with Gasteiger partial charge in [-0.3, -0.25) is 14.4 Å². The van der Waals surface area contributed by atoms with Gasteiger partial charge in [-0.1, -0.05) is 44.2 Å². The summed E-state index contributed by atoms with van der Waals surface area (Å²) in [6.07, 6.45) is -0.219. The third kappa shape index (κ3) is 8.40. The molecule has 12 nitrogen and oxygen atoms in total. The van der Waals surface area contributed by atoms with Crippen LogP contribution in [0, 0.1) is 11.8 Å². The Morgan fingerprint density at radius 3 is 2.55 bits per heavy atom. The largest absolute Gasteiger partial charge is 0.504 e. The Morgan fingerprint density at radius 2 is 1.88 bits per heavy atom. The molecule has 1 aliphatic heterocycles. The summed E-state index contributed by atoms with van der Waals surface area (Å²) in [5.41, 5.74) is 0.487. The summed E-state index contributed by atoms with van der Waals surface area (Å²) in [5, 5.41) is 12.6. The van der Waals surface area contributed by atoms with E-state index in [1.807, 2.05) is 44.2 Å². The van der Waals surface area contributed by atoms with Crippen molar-refractivity contribution in [2.24, 2.45) is 11.8 Å². The number of cyclic esters (lactones) is 2. The summed E-state index contributed by atoms with van der Waals surface area (Å²) in [4.78, 5) is 54.5. The van der Waals surface area contributed by atoms with Gasteiger partial charge in [0, 0.05) is 25.8 Å². The summed E-state index contributed by atoms with van der Waals surface area (Å²) in [6, 6.07) is 9.10. The fraction of sp³-hybridized carbons (Fsp3) is 0.464. The van der Waals surface area contributed by atoms with Crippen molar-refractivity contribution in [2.75, 3.05) is 20.0 Å². The molecule has 1 fully saturated rings. The number of carbonyl (C=O) groups is 4. The number of rotatable bonds is 10. The number of nitrogens with one attached hydrogen (secondary N) is 1. The van der Waals surface area contributed by atoms with E-state index in [2.05, 4.69) is 10.3 Å². The van der Waals surface area contributed by atoms with Crippen molar-refractivity contribution in [1.82, 2.24) is 10.3 Å². The number of aromatic hydroxyl groups is 1. The molecular formula is C28H34N2O10. The first-order valence-corrected chi connectivity index (χ1v) is 12.8. The monoisotopic (exact) mass is 558 g/mol. The van der Waals surface area contributed by atoms with Crippen molar-refractivity contribution < 1.29 is 48.0 Å². The van der Waals surface area contributed by atoms with E-state index in [-0.39, 0.29) is 23.8 Å². The van der Waals surface area contributed by atoms with Gasteiger partial charge in [-0.25, -0.2) is 9.78 Å². The Hall–Kier alpha value is -4.19. The fourth-order valence-corrected chi connectivity index (χ4v) is 4.00. The van der Waals surface area contributed by atoms with E-state index in [0.717, 1.165) is 18.7 Å². The first-order valence-electron chi connectivity index (χ1n) is 12.8. The normalized spacial score (nSPS) is 21.3. The van der Waals surface area contributed by atoms with Crippen LogP contribution in [0.15, 0.2) is 42.6 Å². The minimum atomic E-state index is -1.40. The molecule has 0 spiro atoms. The summed E-state index contributed by atoms with van der Waals surface area (Å²) in [5.74, 6) is -4.47. The topological polar surface area (TPSA) is 160 Å². The van der Waals surface area contributed by atoms with Gasteiger partial charge in [0.05, 0.1) is 5.92 Å². The Bertz CT molecular complexity index is 1190. The molecule has 3 rings (SSSR count). The first kappa shape index (κ1) is 30.4. The van der Waals surface area contributed by atoms with Crippen molar-refractivity contribution in [1.29, 1.82) is 0 Å². The number of ether oxygens (including phenoxy) is 5. The summed E-state index contributed by atoms with van der Waals surface area (Å²) in [6.45, 7) is 5.93. The van der Waals surface area contributed by atoms with Crippen LogP contribution in [0.2, 0.25) is 0 Å². The molecule has 2 heterocycles. The van der Waals surface area contributed by atoms with Crippen LogP contribution in [0.25, 0.3) is 0 Å². The van der Waals surface area contributed by atoms with E-state index in [9.17, 15) is 24.3 Å². The zero-order valence-electron chi connectivity index (χ0n) is 22.8. The minimum Gasteiger partial charge on any atom is -0.504 e. The van der Waals surface area contributed by atoms with Gasteiger partial charge >= 0.3 is 17.9 Å². The van der Waals surface area contributed by atoms with Gasteiger partial charge in [-0.05, 0) is 24.8 Å². The number of pyridine rings is 1. The molecule has 1 aromatic heterocycles. The summed E-state index contributed by atoms with van der Waals surface area (Å²) in [7, 11) is 0. The molecular weight excluding hydrogens is 524 g/mol. The number of hydrogen-bond acceptors (Lipinski definition) is 11. The average Bonchev–Trinajstić information content (AvgIpc) is 2.94.